The zero-order valence-electron chi connectivity index (χ0n) is 12.9. The van der Waals surface area contributed by atoms with Crippen LogP contribution in [0.15, 0.2) is 18.2 Å². The van der Waals surface area contributed by atoms with Gasteiger partial charge in [0.05, 0.1) is 0 Å². The molecule has 1 heterocycles. The van der Waals surface area contributed by atoms with Gasteiger partial charge in [-0.15, -0.1) is 0 Å². The molecule has 0 saturated carbocycles. The van der Waals surface area contributed by atoms with Gasteiger partial charge in [0.1, 0.15) is 0 Å². The fraction of sp³-hybridized carbons (Fsp3) is 0.438. The van der Waals surface area contributed by atoms with E-state index in [1.165, 1.54) is 6.92 Å². The summed E-state index contributed by atoms with van der Waals surface area (Å²) in [7, 11) is 0. The maximum absolute atomic E-state index is 11.9. The predicted octanol–water partition coefficient (Wildman–Crippen LogP) is 1.02. The molecule has 0 aromatic heterocycles. The summed E-state index contributed by atoms with van der Waals surface area (Å²) in [5.74, 6) is -0.642. The number of carbonyl (C=O) groups is 3. The Bertz CT molecular complexity index is 578. The third-order valence-electron chi connectivity index (χ3n) is 3.68. The van der Waals surface area contributed by atoms with Crippen molar-refractivity contribution in [3.8, 4) is 0 Å². The van der Waals surface area contributed by atoms with E-state index in [-0.39, 0.29) is 12.5 Å². The van der Waals surface area contributed by atoms with Crippen molar-refractivity contribution in [2.24, 2.45) is 0 Å². The van der Waals surface area contributed by atoms with Crippen LogP contribution in [0.4, 0.5) is 5.69 Å². The fourth-order valence-electron chi connectivity index (χ4n) is 2.48. The van der Waals surface area contributed by atoms with E-state index in [1.807, 2.05) is 25.1 Å². The van der Waals surface area contributed by atoms with Gasteiger partial charge < -0.3 is 14.5 Å². The third-order valence-corrected chi connectivity index (χ3v) is 3.68. The van der Waals surface area contributed by atoms with Gasteiger partial charge in [-0.25, -0.2) is 0 Å². The van der Waals surface area contributed by atoms with E-state index in [9.17, 15) is 14.4 Å². The lowest BCUT2D eigenvalue weighted by atomic mass is 10.1. The number of aryl methyl sites for hydroxylation is 1. The van der Waals surface area contributed by atoms with Crippen LogP contribution in [-0.4, -0.2) is 55.8 Å². The molecular weight excluding hydrogens is 284 g/mol. The van der Waals surface area contributed by atoms with Crippen LogP contribution in [0.1, 0.15) is 22.8 Å². The molecule has 0 spiro atoms. The quantitative estimate of drug-likeness (QED) is 0.614. The summed E-state index contributed by atoms with van der Waals surface area (Å²) in [6.45, 7) is 5.45. The number of hydrogen-bond donors (Lipinski definition) is 0. The molecular formula is C16H20N2O4. The lowest BCUT2D eigenvalue weighted by Crippen LogP contribution is -2.50. The van der Waals surface area contributed by atoms with E-state index in [0.29, 0.717) is 31.7 Å². The first-order chi connectivity index (χ1) is 10.5. The largest absolute Gasteiger partial charge is 0.456 e. The van der Waals surface area contributed by atoms with E-state index in [1.54, 1.807) is 4.90 Å². The molecule has 0 radical (unpaired) electrons. The number of aldehydes is 1. The summed E-state index contributed by atoms with van der Waals surface area (Å²) >= 11 is 0. The molecule has 1 fully saturated rings. The van der Waals surface area contributed by atoms with E-state index in [4.69, 9.17) is 4.74 Å². The highest BCUT2D eigenvalue weighted by molar-refractivity contribution is 5.85. The number of ether oxygens (including phenoxy) is 1. The summed E-state index contributed by atoms with van der Waals surface area (Å²) in [5.41, 5.74) is 2.65. The average molecular weight is 304 g/mol. The highest BCUT2D eigenvalue weighted by Crippen LogP contribution is 2.22. The molecule has 0 aliphatic carbocycles. The molecule has 2 rings (SSSR count). The van der Waals surface area contributed by atoms with Crippen molar-refractivity contribution in [3.05, 3.63) is 29.3 Å². The summed E-state index contributed by atoms with van der Waals surface area (Å²) in [6.07, 6.45) is 0.854. The highest BCUT2D eigenvalue weighted by Gasteiger charge is 2.23. The number of hydrogen-bond acceptors (Lipinski definition) is 5. The molecule has 0 atom stereocenters. The van der Waals surface area contributed by atoms with Crippen LogP contribution in [0, 0.1) is 6.92 Å². The first-order valence-electron chi connectivity index (χ1n) is 7.23. The van der Waals surface area contributed by atoms with Crippen molar-refractivity contribution in [2.75, 3.05) is 37.7 Å². The van der Waals surface area contributed by atoms with Gasteiger partial charge in [0.25, 0.3) is 5.91 Å². The van der Waals surface area contributed by atoms with Crippen LogP contribution in [0.3, 0.4) is 0 Å². The number of piperazine rings is 1. The predicted molar refractivity (Wildman–Crippen MR) is 82.0 cm³/mol. The molecule has 6 heteroatoms. The standard InChI is InChI=1S/C16H20N2O4/c1-12-3-4-14(10-19)15(9-12)17-5-7-18(8-6-17)16(21)11-22-13(2)20/h3-4,9-10H,5-8,11H2,1-2H3. The average Bonchev–Trinajstić information content (AvgIpc) is 2.52. The third kappa shape index (κ3) is 3.84. The number of amides is 1. The van der Waals surface area contributed by atoms with Gasteiger partial charge in [0, 0.05) is 44.4 Å². The molecule has 1 aliphatic heterocycles. The number of esters is 1. The van der Waals surface area contributed by atoms with Crippen molar-refractivity contribution >= 4 is 23.9 Å². The normalized spacial score (nSPS) is 14.6. The van der Waals surface area contributed by atoms with Crippen LogP contribution in [0.25, 0.3) is 0 Å². The Labute approximate surface area is 129 Å². The minimum absolute atomic E-state index is 0.185. The number of anilines is 1. The van der Waals surface area contributed by atoms with Gasteiger partial charge in [-0.1, -0.05) is 6.07 Å². The van der Waals surface area contributed by atoms with Crippen LogP contribution >= 0.6 is 0 Å². The van der Waals surface area contributed by atoms with Gasteiger partial charge in [-0.05, 0) is 24.6 Å². The highest BCUT2D eigenvalue weighted by atomic mass is 16.5. The van der Waals surface area contributed by atoms with Crippen LogP contribution in [-0.2, 0) is 14.3 Å². The Morgan fingerprint density at radius 1 is 1.23 bits per heavy atom. The summed E-state index contributed by atoms with van der Waals surface area (Å²) in [5, 5.41) is 0. The van der Waals surface area contributed by atoms with Crippen LogP contribution in [0.5, 0.6) is 0 Å². The molecule has 118 valence electrons. The second-order valence-electron chi connectivity index (χ2n) is 5.33. The monoisotopic (exact) mass is 304 g/mol. The summed E-state index contributed by atoms with van der Waals surface area (Å²) in [6, 6.07) is 5.71. The Morgan fingerprint density at radius 3 is 2.50 bits per heavy atom. The minimum atomic E-state index is -0.456. The van der Waals surface area contributed by atoms with Gasteiger partial charge in [0.2, 0.25) is 0 Å². The van der Waals surface area contributed by atoms with Crippen molar-refractivity contribution in [3.63, 3.8) is 0 Å². The van der Waals surface area contributed by atoms with Crippen LogP contribution in [0.2, 0.25) is 0 Å². The van der Waals surface area contributed by atoms with Gasteiger partial charge in [-0.3, -0.25) is 14.4 Å². The van der Waals surface area contributed by atoms with Gasteiger partial charge in [-0.2, -0.15) is 0 Å². The summed E-state index contributed by atoms with van der Waals surface area (Å²) < 4.78 is 4.73. The van der Waals surface area contributed by atoms with Crippen molar-refractivity contribution in [1.29, 1.82) is 0 Å². The second kappa shape index (κ2) is 7.06. The van der Waals surface area contributed by atoms with E-state index < -0.39 is 5.97 Å². The second-order valence-corrected chi connectivity index (χ2v) is 5.33. The smallest absolute Gasteiger partial charge is 0.303 e. The molecule has 1 aromatic carbocycles. The number of benzene rings is 1. The Balaban J connectivity index is 1.97. The minimum Gasteiger partial charge on any atom is -0.456 e. The Kier molecular flexibility index (Phi) is 5.14. The molecule has 1 amide bonds. The lowest BCUT2D eigenvalue weighted by molar-refractivity contribution is -0.150. The van der Waals surface area contributed by atoms with Gasteiger partial charge in [0.15, 0.2) is 12.9 Å². The molecule has 0 N–H and O–H groups in total. The number of nitrogens with zero attached hydrogens (tertiary/aromatic N) is 2. The van der Waals surface area contributed by atoms with E-state index >= 15 is 0 Å². The lowest BCUT2D eigenvalue weighted by Gasteiger charge is -2.36. The molecule has 1 aliphatic rings. The molecule has 1 saturated heterocycles. The van der Waals surface area contributed by atoms with Crippen LogP contribution < -0.4 is 4.90 Å². The van der Waals surface area contributed by atoms with Gasteiger partial charge >= 0.3 is 5.97 Å². The van der Waals surface area contributed by atoms with E-state index in [0.717, 1.165) is 17.5 Å². The first-order valence-corrected chi connectivity index (χ1v) is 7.23. The zero-order valence-corrected chi connectivity index (χ0v) is 12.9. The van der Waals surface area contributed by atoms with Crippen molar-refractivity contribution in [2.45, 2.75) is 13.8 Å². The van der Waals surface area contributed by atoms with E-state index in [2.05, 4.69) is 4.90 Å². The number of carbonyl (C=O) groups excluding carboxylic acids is 3. The fourth-order valence-corrected chi connectivity index (χ4v) is 2.48. The molecule has 6 nitrogen and oxygen atoms in total. The molecule has 1 aromatic rings. The first kappa shape index (κ1) is 16.0. The maximum Gasteiger partial charge on any atom is 0.303 e. The Morgan fingerprint density at radius 2 is 1.91 bits per heavy atom. The SMILES string of the molecule is CC(=O)OCC(=O)N1CCN(c2cc(C)ccc2C=O)CC1. The zero-order chi connectivity index (χ0) is 16.1. The topological polar surface area (TPSA) is 66.9 Å². The van der Waals surface area contributed by atoms with Crippen molar-refractivity contribution < 1.29 is 19.1 Å². The number of rotatable bonds is 4. The molecule has 0 bridgehead atoms. The molecule has 22 heavy (non-hydrogen) atoms. The maximum atomic E-state index is 11.9. The van der Waals surface area contributed by atoms with Crippen molar-refractivity contribution in [1.82, 2.24) is 4.90 Å². The summed E-state index contributed by atoms with van der Waals surface area (Å²) in [4.78, 5) is 37.6. The molecule has 0 unspecified atom stereocenters. The Hall–Kier alpha value is -2.37.